The van der Waals surface area contributed by atoms with Crippen LogP contribution in [0.4, 0.5) is 0 Å². The summed E-state index contributed by atoms with van der Waals surface area (Å²) in [5, 5.41) is 9.82. The smallest absolute Gasteiger partial charge is 0.349 e. The van der Waals surface area contributed by atoms with Crippen LogP contribution in [0.3, 0.4) is 0 Å². The maximum Gasteiger partial charge on any atom is 0.349 e. The summed E-state index contributed by atoms with van der Waals surface area (Å²) >= 11 is 0. The van der Waals surface area contributed by atoms with Crippen LogP contribution < -0.4 is 4.74 Å². The number of ether oxygens (including phenoxy) is 2. The van der Waals surface area contributed by atoms with Gasteiger partial charge in [-0.2, -0.15) is 5.26 Å². The molecule has 0 fully saturated rings. The summed E-state index contributed by atoms with van der Waals surface area (Å²) < 4.78 is 10.8. The molecule has 0 unspecified atom stereocenters. The fraction of sp³-hybridized carbons (Fsp3) is 0.360. The lowest BCUT2D eigenvalue weighted by molar-refractivity contribution is -0.139. The van der Waals surface area contributed by atoms with Crippen molar-refractivity contribution in [1.82, 2.24) is 0 Å². The van der Waals surface area contributed by atoms with E-state index in [1.165, 1.54) is 0 Å². The number of hydrogen-bond acceptors (Lipinski definition) is 4. The average Bonchev–Trinajstić information content (AvgIpc) is 2.78. The summed E-state index contributed by atoms with van der Waals surface area (Å²) in [6, 6.07) is 18.9. The van der Waals surface area contributed by atoms with E-state index in [4.69, 9.17) is 9.47 Å². The van der Waals surface area contributed by atoms with Crippen LogP contribution in [0, 0.1) is 17.2 Å². The molecule has 2 rings (SSSR count). The molecule has 0 amide bonds. The zero-order chi connectivity index (χ0) is 21.1. The van der Waals surface area contributed by atoms with E-state index in [1.54, 1.807) is 7.11 Å². The van der Waals surface area contributed by atoms with Crippen LogP contribution in [-0.4, -0.2) is 19.7 Å². The predicted molar refractivity (Wildman–Crippen MR) is 115 cm³/mol. The van der Waals surface area contributed by atoms with Gasteiger partial charge in [0.2, 0.25) is 0 Å². The Bertz CT molecular complexity index is 848. The van der Waals surface area contributed by atoms with Crippen LogP contribution in [-0.2, 0) is 9.53 Å². The molecule has 1 atom stereocenters. The monoisotopic (exact) mass is 391 g/mol. The van der Waals surface area contributed by atoms with Crippen molar-refractivity contribution in [2.24, 2.45) is 5.92 Å². The number of nitrogens with zero attached hydrogens (tertiary/aromatic N) is 1. The molecular weight excluding hydrogens is 362 g/mol. The summed E-state index contributed by atoms with van der Waals surface area (Å²) in [5.41, 5.74) is 2.15. The number of carbonyl (C=O) groups is 1. The molecule has 0 N–H and O–H groups in total. The van der Waals surface area contributed by atoms with E-state index in [2.05, 4.69) is 19.9 Å². The second kappa shape index (κ2) is 11.7. The molecule has 0 heterocycles. The number of carbonyl (C=O) groups excluding carboxylic acids is 1. The lowest BCUT2D eigenvalue weighted by Crippen LogP contribution is -2.16. The molecule has 0 saturated heterocycles. The van der Waals surface area contributed by atoms with Crippen molar-refractivity contribution in [2.45, 2.75) is 39.5 Å². The molecule has 0 aliphatic heterocycles. The molecule has 0 radical (unpaired) electrons. The van der Waals surface area contributed by atoms with Crippen LogP contribution in [0.25, 0.3) is 5.57 Å². The fourth-order valence-corrected chi connectivity index (χ4v) is 3.19. The van der Waals surface area contributed by atoms with E-state index in [-0.39, 0.29) is 5.57 Å². The molecule has 0 aliphatic rings. The molecule has 152 valence electrons. The van der Waals surface area contributed by atoms with Crippen LogP contribution in [0.15, 0.2) is 60.2 Å². The molecule has 0 saturated carbocycles. The minimum absolute atomic E-state index is 0.0201. The molecule has 2 aromatic carbocycles. The van der Waals surface area contributed by atoms with Gasteiger partial charge in [0.15, 0.2) is 0 Å². The van der Waals surface area contributed by atoms with E-state index >= 15 is 0 Å². The van der Waals surface area contributed by atoms with Gasteiger partial charge in [-0.3, -0.25) is 0 Å². The summed E-state index contributed by atoms with van der Waals surface area (Å²) in [6.45, 7) is 4.59. The van der Waals surface area contributed by atoms with Crippen molar-refractivity contribution in [3.05, 3.63) is 71.3 Å². The zero-order valence-electron chi connectivity index (χ0n) is 17.5. The lowest BCUT2D eigenvalue weighted by atomic mass is 9.93. The van der Waals surface area contributed by atoms with Crippen molar-refractivity contribution >= 4 is 11.5 Å². The number of hydrogen-bond donors (Lipinski definition) is 0. The van der Waals surface area contributed by atoms with E-state index in [0.29, 0.717) is 23.8 Å². The Labute approximate surface area is 173 Å². The average molecular weight is 392 g/mol. The first-order valence-corrected chi connectivity index (χ1v) is 10.2. The Balaban J connectivity index is 2.38. The quantitative estimate of drug-likeness (QED) is 0.293. The molecule has 29 heavy (non-hydrogen) atoms. The van der Waals surface area contributed by atoms with E-state index < -0.39 is 5.97 Å². The Kier molecular flexibility index (Phi) is 8.98. The van der Waals surface area contributed by atoms with Gasteiger partial charge in [-0.15, -0.1) is 0 Å². The van der Waals surface area contributed by atoms with E-state index in [0.717, 1.165) is 36.8 Å². The third-order valence-corrected chi connectivity index (χ3v) is 5.00. The Morgan fingerprint density at radius 2 is 1.69 bits per heavy atom. The highest BCUT2D eigenvalue weighted by molar-refractivity contribution is 6.05. The fourth-order valence-electron chi connectivity index (χ4n) is 3.19. The first kappa shape index (κ1) is 22.2. The molecular formula is C25H29NO3. The van der Waals surface area contributed by atoms with Crippen LogP contribution >= 0.6 is 0 Å². The Morgan fingerprint density at radius 3 is 2.24 bits per heavy atom. The zero-order valence-corrected chi connectivity index (χ0v) is 17.5. The summed E-state index contributed by atoms with van der Waals surface area (Å²) in [5.74, 6) is 0.459. The normalized spacial score (nSPS) is 12.5. The van der Waals surface area contributed by atoms with Gasteiger partial charge in [0.25, 0.3) is 0 Å². The van der Waals surface area contributed by atoms with Gasteiger partial charge >= 0.3 is 5.97 Å². The number of methoxy groups -OCH3 is 1. The van der Waals surface area contributed by atoms with Crippen LogP contribution in [0.5, 0.6) is 5.75 Å². The molecule has 0 spiro atoms. The van der Waals surface area contributed by atoms with Crippen molar-refractivity contribution in [3.8, 4) is 11.8 Å². The molecule has 0 aliphatic carbocycles. The molecule has 2 aromatic rings. The van der Waals surface area contributed by atoms with Gasteiger partial charge < -0.3 is 9.47 Å². The van der Waals surface area contributed by atoms with Gasteiger partial charge in [0.05, 0.1) is 13.7 Å². The molecule has 4 nitrogen and oxygen atoms in total. The summed E-state index contributed by atoms with van der Waals surface area (Å²) in [6.07, 6.45) is 4.19. The topological polar surface area (TPSA) is 59.3 Å². The third kappa shape index (κ3) is 6.22. The largest absolute Gasteiger partial charge is 0.497 e. The maximum atomic E-state index is 12.9. The summed E-state index contributed by atoms with van der Waals surface area (Å²) in [4.78, 5) is 12.9. The van der Waals surface area contributed by atoms with E-state index in [9.17, 15) is 10.1 Å². The molecule has 4 heteroatoms. The Hall–Kier alpha value is -3.06. The van der Waals surface area contributed by atoms with E-state index in [1.807, 2.05) is 54.6 Å². The highest BCUT2D eigenvalue weighted by atomic mass is 16.5. The maximum absolute atomic E-state index is 12.9. The number of nitriles is 1. The lowest BCUT2D eigenvalue weighted by Gasteiger charge is -2.16. The standard InChI is InChI=1S/C25H29NO3/c1-4-6-10-19(5-2)18-29-25(27)23(17-26)24(20-11-8-7-9-12-20)21-13-15-22(28-3)16-14-21/h7-9,11-16,19H,4-6,10,18H2,1-3H3/b24-23+/t19-/m1/s1. The number of benzene rings is 2. The Morgan fingerprint density at radius 1 is 1.03 bits per heavy atom. The second-order valence-corrected chi connectivity index (χ2v) is 6.97. The minimum Gasteiger partial charge on any atom is -0.497 e. The number of unbranched alkanes of at least 4 members (excludes halogenated alkanes) is 1. The first-order valence-electron chi connectivity index (χ1n) is 10.2. The van der Waals surface area contributed by atoms with Crippen molar-refractivity contribution in [1.29, 1.82) is 5.26 Å². The highest BCUT2D eigenvalue weighted by Gasteiger charge is 2.21. The predicted octanol–water partition coefficient (Wildman–Crippen LogP) is 5.78. The molecule has 0 aromatic heterocycles. The SMILES string of the molecule is CCCC[C@@H](CC)COC(=O)/C(C#N)=C(\c1ccccc1)c1ccc(OC)cc1. The van der Waals surface area contributed by atoms with Crippen LogP contribution in [0.2, 0.25) is 0 Å². The third-order valence-electron chi connectivity index (χ3n) is 5.00. The van der Waals surface area contributed by atoms with Gasteiger partial charge in [-0.05, 0) is 35.6 Å². The highest BCUT2D eigenvalue weighted by Crippen LogP contribution is 2.29. The van der Waals surface area contributed by atoms with Crippen molar-refractivity contribution in [3.63, 3.8) is 0 Å². The molecule has 0 bridgehead atoms. The van der Waals surface area contributed by atoms with Gasteiger partial charge in [-0.25, -0.2) is 4.79 Å². The summed E-state index contributed by atoms with van der Waals surface area (Å²) in [7, 11) is 1.60. The van der Waals surface area contributed by atoms with Crippen molar-refractivity contribution in [2.75, 3.05) is 13.7 Å². The first-order chi connectivity index (χ1) is 14.1. The van der Waals surface area contributed by atoms with Gasteiger partial charge in [0, 0.05) is 5.57 Å². The second-order valence-electron chi connectivity index (χ2n) is 6.97. The number of esters is 1. The minimum atomic E-state index is -0.572. The number of rotatable bonds is 10. The van der Waals surface area contributed by atoms with Gasteiger partial charge in [-0.1, -0.05) is 75.6 Å². The van der Waals surface area contributed by atoms with Crippen LogP contribution in [0.1, 0.15) is 50.7 Å². The van der Waals surface area contributed by atoms with Gasteiger partial charge in [0.1, 0.15) is 17.4 Å². The van der Waals surface area contributed by atoms with Crippen molar-refractivity contribution < 1.29 is 14.3 Å².